The lowest BCUT2D eigenvalue weighted by Gasteiger charge is -2.41. The van der Waals surface area contributed by atoms with E-state index in [1.165, 1.54) is 29.4 Å². The molecular weight excluding hydrogens is 648 g/mol. The largest absolute Gasteiger partial charge is 0.387 e. The summed E-state index contributed by atoms with van der Waals surface area (Å²) in [5, 5.41) is 18.2. The number of amides is 3. The molecule has 2 aromatic rings. The van der Waals surface area contributed by atoms with Crippen LogP contribution < -0.4 is 10.6 Å². The number of nitro groups is 1. The molecule has 236 valence electrons. The zero-order valence-electron chi connectivity index (χ0n) is 24.3. The van der Waals surface area contributed by atoms with Crippen molar-refractivity contribution in [1.29, 1.82) is 0 Å². The molecule has 0 aliphatic carbocycles. The molecule has 5 rings (SSSR count). The third-order valence-electron chi connectivity index (χ3n) is 7.84. The SMILES string of the molecule is CNc1cncc(C(=O)N2C[C@H](Nc3c(C(=O)N4C[C@@H](C)O[C@@H](C)C4)cc(Br)cc3[N+](=O)[O-])C[C@H]2C(=O)N2CC(F)(F)C2)c1. The molecule has 3 amide bonds. The number of likely N-dealkylation sites (tertiary alicyclic amines) is 2. The number of carbonyl (C=O) groups excluding carboxylic acids is 3. The average Bonchev–Trinajstić information content (AvgIpc) is 3.38. The van der Waals surface area contributed by atoms with Crippen LogP contribution in [0.1, 0.15) is 41.0 Å². The molecule has 4 heterocycles. The standard InChI is InChI=1S/C28H32BrF2N7O6/c1-15-10-35(11-16(2)44-15)26(40)21-5-18(29)6-22(38(42)43)24(21)34-20-7-23(27(41)36-13-28(30,31)14-36)37(12-20)25(39)17-4-19(32-3)9-33-8-17/h4-6,8-9,15-16,20,23,32,34H,7,10-14H2,1-3H3/t15-,16+,20-,23+/m1/s1. The van der Waals surface area contributed by atoms with Crippen molar-refractivity contribution in [2.24, 2.45) is 0 Å². The van der Waals surface area contributed by atoms with Crippen LogP contribution in [-0.2, 0) is 9.53 Å². The van der Waals surface area contributed by atoms with Gasteiger partial charge in [-0.25, -0.2) is 8.78 Å². The molecular formula is C28H32BrF2N7O6. The number of pyridine rings is 1. The lowest BCUT2D eigenvalue weighted by Crippen LogP contribution is -2.62. The van der Waals surface area contributed by atoms with Crippen molar-refractivity contribution in [2.75, 3.05) is 50.4 Å². The Balaban J connectivity index is 1.47. The molecule has 3 fully saturated rings. The number of morpholine rings is 1. The Hall–Kier alpha value is -3.92. The van der Waals surface area contributed by atoms with Gasteiger partial charge in [-0.1, -0.05) is 15.9 Å². The number of carbonyl (C=O) groups is 3. The maximum atomic E-state index is 13.8. The van der Waals surface area contributed by atoms with Crippen molar-refractivity contribution in [3.63, 3.8) is 0 Å². The summed E-state index contributed by atoms with van der Waals surface area (Å²) < 4.78 is 33.4. The monoisotopic (exact) mass is 679 g/mol. The third kappa shape index (κ3) is 6.45. The zero-order chi connectivity index (χ0) is 31.9. The molecule has 0 saturated carbocycles. The number of benzene rings is 1. The predicted molar refractivity (Wildman–Crippen MR) is 159 cm³/mol. The van der Waals surface area contributed by atoms with Gasteiger partial charge in [0.15, 0.2) is 0 Å². The topological polar surface area (TPSA) is 150 Å². The maximum Gasteiger partial charge on any atom is 0.294 e. The van der Waals surface area contributed by atoms with Gasteiger partial charge in [0, 0.05) is 55.7 Å². The number of hydrogen-bond acceptors (Lipinski definition) is 9. The highest BCUT2D eigenvalue weighted by Gasteiger charge is 2.51. The molecule has 3 aliphatic rings. The highest BCUT2D eigenvalue weighted by molar-refractivity contribution is 9.10. The summed E-state index contributed by atoms with van der Waals surface area (Å²) in [7, 11) is 1.65. The highest BCUT2D eigenvalue weighted by atomic mass is 79.9. The molecule has 4 atom stereocenters. The highest BCUT2D eigenvalue weighted by Crippen LogP contribution is 2.37. The van der Waals surface area contributed by atoms with Crippen molar-refractivity contribution in [1.82, 2.24) is 19.7 Å². The first-order valence-electron chi connectivity index (χ1n) is 14.1. The second kappa shape index (κ2) is 12.2. The van der Waals surface area contributed by atoms with Gasteiger partial charge in [0.1, 0.15) is 11.7 Å². The van der Waals surface area contributed by atoms with E-state index in [2.05, 4.69) is 31.5 Å². The first-order valence-corrected chi connectivity index (χ1v) is 14.8. The number of nitro benzene ring substituents is 1. The lowest BCUT2D eigenvalue weighted by molar-refractivity contribution is -0.384. The van der Waals surface area contributed by atoms with E-state index in [1.54, 1.807) is 18.0 Å². The van der Waals surface area contributed by atoms with E-state index in [4.69, 9.17) is 4.74 Å². The van der Waals surface area contributed by atoms with Crippen LogP contribution in [0.3, 0.4) is 0 Å². The Bertz CT molecular complexity index is 1480. The lowest BCUT2D eigenvalue weighted by atomic mass is 10.0. The maximum absolute atomic E-state index is 13.8. The van der Waals surface area contributed by atoms with Gasteiger partial charge in [0.05, 0.1) is 47.0 Å². The van der Waals surface area contributed by atoms with Crippen molar-refractivity contribution < 1.29 is 32.8 Å². The normalized spacial score (nSPS) is 24.5. The second-order valence-electron chi connectivity index (χ2n) is 11.4. The van der Waals surface area contributed by atoms with E-state index in [9.17, 15) is 33.3 Å². The molecule has 0 unspecified atom stereocenters. The Morgan fingerprint density at radius 3 is 2.36 bits per heavy atom. The summed E-state index contributed by atoms with van der Waals surface area (Å²) in [6, 6.07) is 2.45. The fourth-order valence-corrected chi connectivity index (χ4v) is 6.36. The molecule has 0 spiro atoms. The van der Waals surface area contributed by atoms with E-state index in [1.807, 2.05) is 13.8 Å². The minimum atomic E-state index is -3.01. The van der Waals surface area contributed by atoms with Gasteiger partial charge in [-0.2, -0.15) is 0 Å². The summed E-state index contributed by atoms with van der Waals surface area (Å²) >= 11 is 3.28. The molecule has 2 N–H and O–H groups in total. The minimum Gasteiger partial charge on any atom is -0.387 e. The molecule has 44 heavy (non-hydrogen) atoms. The van der Waals surface area contributed by atoms with Gasteiger partial charge in [0.2, 0.25) is 5.91 Å². The molecule has 16 heteroatoms. The van der Waals surface area contributed by atoms with Crippen LogP contribution in [-0.4, -0.2) is 112 Å². The first kappa shape index (κ1) is 31.5. The second-order valence-corrected chi connectivity index (χ2v) is 12.3. The smallest absolute Gasteiger partial charge is 0.294 e. The van der Waals surface area contributed by atoms with Gasteiger partial charge in [-0.3, -0.25) is 29.5 Å². The number of nitrogens with zero attached hydrogens (tertiary/aromatic N) is 5. The van der Waals surface area contributed by atoms with Gasteiger partial charge < -0.3 is 30.1 Å². The van der Waals surface area contributed by atoms with Crippen LogP contribution in [0.15, 0.2) is 35.1 Å². The number of anilines is 2. The van der Waals surface area contributed by atoms with Crippen molar-refractivity contribution in [2.45, 2.75) is 50.5 Å². The van der Waals surface area contributed by atoms with Crippen LogP contribution in [0.2, 0.25) is 0 Å². The van der Waals surface area contributed by atoms with Gasteiger partial charge in [0.25, 0.3) is 23.4 Å². The summed E-state index contributed by atoms with van der Waals surface area (Å²) in [5.41, 5.74) is 0.321. The predicted octanol–water partition coefficient (Wildman–Crippen LogP) is 3.22. The van der Waals surface area contributed by atoms with Crippen LogP contribution in [0.4, 0.5) is 25.8 Å². The number of rotatable bonds is 7. The number of nitrogens with one attached hydrogen (secondary N) is 2. The molecule has 0 radical (unpaired) electrons. The van der Waals surface area contributed by atoms with Crippen LogP contribution in [0.5, 0.6) is 0 Å². The quantitative estimate of drug-likeness (QED) is 0.332. The zero-order valence-corrected chi connectivity index (χ0v) is 25.8. The Morgan fingerprint density at radius 1 is 1.07 bits per heavy atom. The summed E-state index contributed by atoms with van der Waals surface area (Å²) in [6.07, 6.45) is 2.33. The van der Waals surface area contributed by atoms with Crippen molar-refractivity contribution >= 4 is 50.7 Å². The summed E-state index contributed by atoms with van der Waals surface area (Å²) in [6.45, 7) is 2.62. The summed E-state index contributed by atoms with van der Waals surface area (Å²) in [4.78, 5) is 60.3. The fraction of sp³-hybridized carbons (Fsp3) is 0.500. The van der Waals surface area contributed by atoms with Crippen LogP contribution in [0, 0.1) is 10.1 Å². The van der Waals surface area contributed by atoms with E-state index < -0.39 is 53.7 Å². The number of alkyl halides is 2. The van der Waals surface area contributed by atoms with E-state index in [0.717, 1.165) is 4.90 Å². The Morgan fingerprint density at radius 2 is 1.75 bits per heavy atom. The van der Waals surface area contributed by atoms with Gasteiger partial charge in [-0.05, 0) is 32.4 Å². The molecule has 1 aromatic carbocycles. The molecule has 0 bridgehead atoms. The van der Waals surface area contributed by atoms with Crippen molar-refractivity contribution in [3.05, 3.63) is 56.3 Å². The van der Waals surface area contributed by atoms with Crippen LogP contribution in [0.25, 0.3) is 0 Å². The molecule has 3 saturated heterocycles. The minimum absolute atomic E-state index is 0.0295. The molecule has 1 aromatic heterocycles. The first-order chi connectivity index (χ1) is 20.8. The van der Waals surface area contributed by atoms with Crippen LogP contribution >= 0.6 is 15.9 Å². The Kier molecular flexibility index (Phi) is 8.75. The van der Waals surface area contributed by atoms with Gasteiger partial charge in [-0.15, -0.1) is 0 Å². The van der Waals surface area contributed by atoms with E-state index >= 15 is 0 Å². The third-order valence-corrected chi connectivity index (χ3v) is 8.30. The average molecular weight is 681 g/mol. The number of halogens is 3. The van der Waals surface area contributed by atoms with Crippen molar-refractivity contribution in [3.8, 4) is 0 Å². The molecule has 3 aliphatic heterocycles. The number of hydrogen-bond donors (Lipinski definition) is 2. The van der Waals surface area contributed by atoms with E-state index in [-0.39, 0.29) is 60.8 Å². The molecule has 13 nitrogen and oxygen atoms in total. The Labute approximate surface area is 260 Å². The fourth-order valence-electron chi connectivity index (χ4n) is 5.91. The number of ether oxygens (including phenoxy) is 1. The van der Waals surface area contributed by atoms with E-state index in [0.29, 0.717) is 10.2 Å². The summed E-state index contributed by atoms with van der Waals surface area (Å²) in [5.74, 6) is -4.66. The van der Waals surface area contributed by atoms with Gasteiger partial charge >= 0.3 is 0 Å². The number of aromatic nitrogens is 1.